The van der Waals surface area contributed by atoms with Crippen molar-refractivity contribution in [3.05, 3.63) is 47.2 Å². The molecule has 1 aliphatic rings. The Hall–Kier alpha value is -3.68. The van der Waals surface area contributed by atoms with Crippen LogP contribution < -0.4 is 24.4 Å². The monoisotopic (exact) mass is 465 g/mol. The number of hydrogen-bond donors (Lipinski definition) is 1. The van der Waals surface area contributed by atoms with Gasteiger partial charge in [-0.1, -0.05) is 17.7 Å². The van der Waals surface area contributed by atoms with Crippen LogP contribution in [0.5, 0.6) is 17.2 Å². The van der Waals surface area contributed by atoms with Gasteiger partial charge in [-0.15, -0.1) is 0 Å². The van der Waals surface area contributed by atoms with Gasteiger partial charge in [0.05, 0.1) is 32.5 Å². The fourth-order valence-corrected chi connectivity index (χ4v) is 4.71. The first-order chi connectivity index (χ1) is 16.4. The Morgan fingerprint density at radius 1 is 1.06 bits per heavy atom. The number of anilines is 1. The second-order valence-electron chi connectivity index (χ2n) is 8.43. The maximum atomic E-state index is 13.4. The summed E-state index contributed by atoms with van der Waals surface area (Å²) in [5.74, 6) is 1.52. The first kappa shape index (κ1) is 23.5. The molecule has 2 aromatic carbocycles. The fourth-order valence-electron chi connectivity index (χ4n) is 4.71. The average Bonchev–Trinajstić information content (AvgIpc) is 3.37. The van der Waals surface area contributed by atoms with Gasteiger partial charge >= 0.3 is 0 Å². The number of carbonyl (C=O) groups is 2. The molecule has 180 valence electrons. The normalized spacial score (nSPS) is 13.4. The molecule has 1 aliphatic heterocycles. The lowest BCUT2D eigenvalue weighted by Gasteiger charge is -2.18. The van der Waals surface area contributed by atoms with Crippen LogP contribution in [0.3, 0.4) is 0 Å². The molecular formula is C26H31N3O5. The SMILES string of the molecule is COc1ccc(CCNC(=O)c2c(N3CCCC3=O)c3cc(C)ccc3n2C)c(OC)c1OC. The van der Waals surface area contributed by atoms with Crippen LogP contribution in [0.4, 0.5) is 5.69 Å². The van der Waals surface area contributed by atoms with Crippen molar-refractivity contribution in [2.24, 2.45) is 7.05 Å². The van der Waals surface area contributed by atoms with Crippen molar-refractivity contribution in [2.45, 2.75) is 26.2 Å². The number of ether oxygens (including phenoxy) is 3. The molecule has 34 heavy (non-hydrogen) atoms. The van der Waals surface area contributed by atoms with Crippen LogP contribution in [0, 0.1) is 6.92 Å². The number of amides is 2. The van der Waals surface area contributed by atoms with Crippen LogP contribution >= 0.6 is 0 Å². The molecular weight excluding hydrogens is 434 g/mol. The minimum Gasteiger partial charge on any atom is -0.493 e. The molecule has 1 fully saturated rings. The molecule has 8 nitrogen and oxygen atoms in total. The first-order valence-corrected chi connectivity index (χ1v) is 11.4. The van der Waals surface area contributed by atoms with Gasteiger partial charge in [-0.2, -0.15) is 0 Å². The second-order valence-corrected chi connectivity index (χ2v) is 8.43. The summed E-state index contributed by atoms with van der Waals surface area (Å²) < 4.78 is 18.2. The van der Waals surface area contributed by atoms with Gasteiger partial charge in [-0.3, -0.25) is 9.59 Å². The smallest absolute Gasteiger partial charge is 0.270 e. The molecule has 0 bridgehead atoms. The third-order valence-electron chi connectivity index (χ3n) is 6.35. The predicted octanol–water partition coefficient (Wildman–Crippen LogP) is 3.61. The Morgan fingerprint density at radius 2 is 1.82 bits per heavy atom. The van der Waals surface area contributed by atoms with Gasteiger partial charge in [0.1, 0.15) is 5.69 Å². The van der Waals surface area contributed by atoms with Crippen molar-refractivity contribution in [3.63, 3.8) is 0 Å². The van der Waals surface area contributed by atoms with Gasteiger partial charge in [-0.25, -0.2) is 0 Å². The van der Waals surface area contributed by atoms with Crippen molar-refractivity contribution in [2.75, 3.05) is 39.3 Å². The number of benzene rings is 2. The maximum absolute atomic E-state index is 13.4. The van der Waals surface area contributed by atoms with E-state index in [-0.39, 0.29) is 11.8 Å². The Bertz CT molecular complexity index is 1250. The lowest BCUT2D eigenvalue weighted by Crippen LogP contribution is -2.31. The molecule has 1 saturated heterocycles. The Balaban J connectivity index is 1.62. The molecule has 0 radical (unpaired) electrons. The topological polar surface area (TPSA) is 82.0 Å². The second kappa shape index (κ2) is 9.67. The highest BCUT2D eigenvalue weighted by Crippen LogP contribution is 2.40. The van der Waals surface area contributed by atoms with Crippen molar-refractivity contribution < 1.29 is 23.8 Å². The molecule has 3 aromatic rings. The van der Waals surface area contributed by atoms with E-state index < -0.39 is 0 Å². The van der Waals surface area contributed by atoms with Gasteiger partial charge in [-0.05, 0) is 38.0 Å². The minimum absolute atomic E-state index is 0.0538. The molecule has 0 saturated carbocycles. The highest BCUT2D eigenvalue weighted by atomic mass is 16.5. The zero-order chi connectivity index (χ0) is 24.4. The summed E-state index contributed by atoms with van der Waals surface area (Å²) in [7, 11) is 6.59. The van der Waals surface area contributed by atoms with E-state index in [9.17, 15) is 9.59 Å². The molecule has 0 unspecified atom stereocenters. The summed E-state index contributed by atoms with van der Waals surface area (Å²) in [6, 6.07) is 9.78. The lowest BCUT2D eigenvalue weighted by molar-refractivity contribution is -0.117. The molecule has 0 spiro atoms. The largest absolute Gasteiger partial charge is 0.493 e. The standard InChI is InChI=1S/C26H31N3O5/c1-16-8-10-19-18(15-16)22(29-14-6-7-21(29)30)23(28(19)2)26(31)27-13-12-17-9-11-20(32-3)25(34-5)24(17)33-4/h8-11,15H,6-7,12-14H2,1-5H3,(H,27,31). The van der Waals surface area contributed by atoms with Gasteiger partial charge in [0.2, 0.25) is 11.7 Å². The highest BCUT2D eigenvalue weighted by Gasteiger charge is 2.31. The van der Waals surface area contributed by atoms with Crippen molar-refractivity contribution >= 4 is 28.4 Å². The lowest BCUT2D eigenvalue weighted by atomic mass is 10.1. The van der Waals surface area contributed by atoms with Crippen LogP contribution in [0.1, 0.15) is 34.5 Å². The molecule has 2 heterocycles. The van der Waals surface area contributed by atoms with E-state index in [4.69, 9.17) is 14.2 Å². The first-order valence-electron chi connectivity index (χ1n) is 11.4. The third kappa shape index (κ3) is 4.04. The van der Waals surface area contributed by atoms with E-state index >= 15 is 0 Å². The number of nitrogens with one attached hydrogen (secondary N) is 1. The zero-order valence-electron chi connectivity index (χ0n) is 20.4. The molecule has 1 aromatic heterocycles. The average molecular weight is 466 g/mol. The van der Waals surface area contributed by atoms with E-state index in [0.717, 1.165) is 28.5 Å². The molecule has 0 aliphatic carbocycles. The third-order valence-corrected chi connectivity index (χ3v) is 6.35. The molecule has 0 atom stereocenters. The summed E-state index contributed by atoms with van der Waals surface area (Å²) >= 11 is 0. The van der Waals surface area contributed by atoms with Crippen molar-refractivity contribution in [1.29, 1.82) is 0 Å². The van der Waals surface area contributed by atoms with Gasteiger partial charge < -0.3 is 29.0 Å². The van der Waals surface area contributed by atoms with Crippen LogP contribution in [-0.2, 0) is 18.3 Å². The fraction of sp³-hybridized carbons (Fsp3) is 0.385. The van der Waals surface area contributed by atoms with Gasteiger partial charge in [0.15, 0.2) is 11.5 Å². The quantitative estimate of drug-likeness (QED) is 0.550. The van der Waals surface area contributed by atoms with Crippen molar-refractivity contribution in [3.8, 4) is 17.2 Å². The summed E-state index contributed by atoms with van der Waals surface area (Å²) in [6.45, 7) is 3.02. The summed E-state index contributed by atoms with van der Waals surface area (Å²) in [6.07, 6.45) is 1.83. The van der Waals surface area contributed by atoms with E-state index in [1.807, 2.05) is 48.9 Å². The zero-order valence-corrected chi connectivity index (χ0v) is 20.4. The van der Waals surface area contributed by atoms with E-state index in [2.05, 4.69) is 5.32 Å². The van der Waals surface area contributed by atoms with E-state index in [1.54, 1.807) is 26.2 Å². The van der Waals surface area contributed by atoms with Crippen LogP contribution in [0.15, 0.2) is 30.3 Å². The maximum Gasteiger partial charge on any atom is 0.270 e. The molecule has 8 heteroatoms. The number of nitrogens with zero attached hydrogens (tertiary/aromatic N) is 2. The summed E-state index contributed by atoms with van der Waals surface area (Å²) in [5, 5.41) is 3.96. The van der Waals surface area contributed by atoms with Crippen LogP contribution in [0.25, 0.3) is 10.9 Å². The Kier molecular flexibility index (Phi) is 6.68. The van der Waals surface area contributed by atoms with E-state index in [1.165, 1.54) is 0 Å². The number of hydrogen-bond acceptors (Lipinski definition) is 5. The van der Waals surface area contributed by atoms with Crippen molar-refractivity contribution in [1.82, 2.24) is 9.88 Å². The summed E-state index contributed by atoms with van der Waals surface area (Å²) in [4.78, 5) is 27.8. The molecule has 4 rings (SSSR count). The Labute approximate surface area is 199 Å². The number of carbonyl (C=O) groups excluding carboxylic acids is 2. The van der Waals surface area contributed by atoms with E-state index in [0.29, 0.717) is 54.6 Å². The van der Waals surface area contributed by atoms with Gasteiger partial charge in [0, 0.05) is 37.5 Å². The number of rotatable bonds is 8. The van der Waals surface area contributed by atoms with Crippen LogP contribution in [0.2, 0.25) is 0 Å². The Morgan fingerprint density at radius 3 is 2.47 bits per heavy atom. The van der Waals surface area contributed by atoms with Crippen LogP contribution in [-0.4, -0.2) is 50.8 Å². The number of aryl methyl sites for hydroxylation is 2. The van der Waals surface area contributed by atoms with Gasteiger partial charge in [0.25, 0.3) is 5.91 Å². The number of aromatic nitrogens is 1. The predicted molar refractivity (Wildman–Crippen MR) is 131 cm³/mol. The molecule has 2 amide bonds. The summed E-state index contributed by atoms with van der Waals surface area (Å²) in [5.41, 5.74) is 4.09. The number of methoxy groups -OCH3 is 3. The minimum atomic E-state index is -0.217. The highest BCUT2D eigenvalue weighted by molar-refractivity contribution is 6.14. The number of fused-ring (bicyclic) bond motifs is 1. The molecule has 1 N–H and O–H groups in total.